The Kier molecular flexibility index (Phi) is 10.3. The van der Waals surface area contributed by atoms with E-state index in [1.807, 2.05) is 30.0 Å². The molecule has 3 aromatic heterocycles. The SMILES string of the molecule is C=CC(=O)Nc1cc(Nc2nc(-c3ccnc(N4CCn5c(cc6c5CC(C)(C)C6)C4=O)c3CO)cn(C)c2=O)ccc1[C@@H]1C(=O)N(C)C(C2CCOCC2)CN1C. The zero-order valence-electron chi connectivity index (χ0n) is 33.7. The second-order valence-corrected chi connectivity index (χ2v) is 16.8. The third kappa shape index (κ3) is 7.00. The standard InChI is InChI=1S/C43H51N9O6/c1-7-36(54)46-31-19-27(8-9-29(31)37-41(56)50(6)35(23-48(37)4)25-11-16-58-17-12-25)45-38-42(57)49(5)22-32(47-38)28-10-13-44-39(30(28)24-53)52-15-14-51-33(40(52)55)18-26-20-43(2,3)21-34(26)51/h7-10,13,18-19,22,25,35,37,53H,1,11-12,14-17,20-21,23-24H2,2-6H3,(H,45,47)(H,46,54)/t35?,37-/m1/s1. The van der Waals surface area contributed by atoms with E-state index in [1.165, 1.54) is 15.8 Å². The fourth-order valence-electron chi connectivity index (χ4n) is 9.35. The number of anilines is 4. The summed E-state index contributed by atoms with van der Waals surface area (Å²) in [6, 6.07) is 8.29. The maximum Gasteiger partial charge on any atom is 0.293 e. The molecule has 8 rings (SSSR count). The number of ether oxygens (including phenoxy) is 1. The van der Waals surface area contributed by atoms with E-state index in [0.29, 0.717) is 84.0 Å². The fourth-order valence-corrected chi connectivity index (χ4v) is 9.35. The number of aromatic nitrogens is 4. The molecule has 304 valence electrons. The molecule has 0 spiro atoms. The number of nitrogens with zero attached hydrogens (tertiary/aromatic N) is 7. The summed E-state index contributed by atoms with van der Waals surface area (Å²) < 4.78 is 9.09. The van der Waals surface area contributed by atoms with E-state index in [9.17, 15) is 24.3 Å². The first-order valence-corrected chi connectivity index (χ1v) is 19.9. The van der Waals surface area contributed by atoms with Crippen molar-refractivity contribution in [2.45, 2.75) is 64.8 Å². The Labute approximate surface area is 337 Å². The minimum Gasteiger partial charge on any atom is -0.392 e. The van der Waals surface area contributed by atoms with Gasteiger partial charge in [-0.25, -0.2) is 9.97 Å². The minimum absolute atomic E-state index is 0.00906. The summed E-state index contributed by atoms with van der Waals surface area (Å²) in [4.78, 5) is 69.1. The molecule has 15 nitrogen and oxygen atoms in total. The van der Waals surface area contributed by atoms with Gasteiger partial charge >= 0.3 is 0 Å². The number of piperazine rings is 1. The van der Waals surface area contributed by atoms with E-state index in [1.54, 1.807) is 48.6 Å². The van der Waals surface area contributed by atoms with Crippen LogP contribution in [0.5, 0.6) is 0 Å². The Balaban J connectivity index is 1.09. The molecule has 1 unspecified atom stereocenters. The third-order valence-electron chi connectivity index (χ3n) is 12.3. The highest BCUT2D eigenvalue weighted by molar-refractivity contribution is 6.06. The summed E-state index contributed by atoms with van der Waals surface area (Å²) in [5, 5.41) is 16.8. The minimum atomic E-state index is -0.661. The zero-order chi connectivity index (χ0) is 41.0. The molecule has 2 saturated heterocycles. The predicted molar refractivity (Wildman–Crippen MR) is 220 cm³/mol. The van der Waals surface area contributed by atoms with E-state index in [2.05, 4.69) is 40.6 Å². The Morgan fingerprint density at radius 2 is 1.84 bits per heavy atom. The highest BCUT2D eigenvalue weighted by atomic mass is 16.5. The first-order valence-electron chi connectivity index (χ1n) is 19.9. The van der Waals surface area contributed by atoms with Gasteiger partial charge in [-0.2, -0.15) is 0 Å². The lowest BCUT2D eigenvalue weighted by molar-refractivity contribution is -0.146. The number of aliphatic hydroxyl groups excluding tert-OH is 1. The van der Waals surface area contributed by atoms with Gasteiger partial charge in [0.05, 0.1) is 12.3 Å². The average molecular weight is 790 g/mol. The van der Waals surface area contributed by atoms with Crippen molar-refractivity contribution < 1.29 is 24.2 Å². The largest absolute Gasteiger partial charge is 0.392 e. The van der Waals surface area contributed by atoms with Crippen molar-refractivity contribution in [1.82, 2.24) is 28.9 Å². The Morgan fingerprint density at radius 3 is 2.59 bits per heavy atom. The Hall–Kier alpha value is -5.64. The van der Waals surface area contributed by atoms with Crippen molar-refractivity contribution >= 4 is 40.7 Å². The van der Waals surface area contributed by atoms with E-state index >= 15 is 0 Å². The van der Waals surface area contributed by atoms with Crippen molar-refractivity contribution in [2.75, 3.05) is 55.9 Å². The molecule has 3 N–H and O–H groups in total. The number of likely N-dealkylation sites (N-methyl/N-ethyl adjacent to an activating group) is 2. The molecule has 3 amide bonds. The van der Waals surface area contributed by atoms with Crippen molar-refractivity contribution in [2.24, 2.45) is 18.4 Å². The number of pyridine rings is 1. The van der Waals surface area contributed by atoms with E-state index in [4.69, 9.17) is 9.72 Å². The maximum atomic E-state index is 14.0. The summed E-state index contributed by atoms with van der Waals surface area (Å²) in [7, 11) is 5.37. The van der Waals surface area contributed by atoms with Crippen LogP contribution in [0.4, 0.5) is 23.0 Å². The van der Waals surface area contributed by atoms with Crippen LogP contribution in [0.3, 0.4) is 0 Å². The molecule has 1 aromatic carbocycles. The number of nitrogens with one attached hydrogen (secondary N) is 2. The number of fused-ring (bicyclic) bond motifs is 3. The molecular formula is C43H51N9O6. The van der Waals surface area contributed by atoms with Gasteiger partial charge in [0.1, 0.15) is 17.6 Å². The monoisotopic (exact) mass is 789 g/mol. The van der Waals surface area contributed by atoms with Gasteiger partial charge in [0.2, 0.25) is 11.8 Å². The molecule has 2 atom stereocenters. The molecule has 58 heavy (non-hydrogen) atoms. The average Bonchev–Trinajstić information content (AvgIpc) is 3.70. The topological polar surface area (TPSA) is 167 Å². The van der Waals surface area contributed by atoms with Gasteiger partial charge in [-0.05, 0) is 80.0 Å². The predicted octanol–water partition coefficient (Wildman–Crippen LogP) is 4.03. The van der Waals surface area contributed by atoms with E-state index in [0.717, 1.165) is 31.8 Å². The molecule has 4 aromatic rings. The highest BCUT2D eigenvalue weighted by Crippen LogP contribution is 2.41. The summed E-state index contributed by atoms with van der Waals surface area (Å²) in [6.07, 6.45) is 7.94. The number of hydrogen-bond donors (Lipinski definition) is 3. The van der Waals surface area contributed by atoms with Gasteiger partial charge in [-0.3, -0.25) is 29.0 Å². The summed E-state index contributed by atoms with van der Waals surface area (Å²) >= 11 is 0. The molecule has 0 bridgehead atoms. The maximum absolute atomic E-state index is 14.0. The Morgan fingerprint density at radius 1 is 1.07 bits per heavy atom. The number of amides is 3. The van der Waals surface area contributed by atoms with Gasteiger partial charge in [-0.1, -0.05) is 26.5 Å². The number of carbonyl (C=O) groups is 3. The van der Waals surface area contributed by atoms with Gasteiger partial charge < -0.3 is 34.5 Å². The number of carbonyl (C=O) groups excluding carboxylic acids is 3. The van der Waals surface area contributed by atoms with Gasteiger partial charge in [-0.15, -0.1) is 0 Å². The Bertz CT molecular complexity index is 2380. The van der Waals surface area contributed by atoms with Crippen molar-refractivity contribution in [3.8, 4) is 11.3 Å². The first kappa shape index (κ1) is 39.2. The fraction of sp³-hybridized carbons (Fsp3) is 0.442. The van der Waals surface area contributed by atoms with Crippen LogP contribution in [0.15, 0.2) is 60.2 Å². The number of benzene rings is 1. The van der Waals surface area contributed by atoms with E-state index in [-0.39, 0.29) is 29.1 Å². The molecule has 0 radical (unpaired) electrons. The van der Waals surface area contributed by atoms with Crippen LogP contribution < -0.4 is 21.1 Å². The van der Waals surface area contributed by atoms with Gasteiger partial charge in [0.25, 0.3) is 11.5 Å². The molecular weight excluding hydrogens is 739 g/mol. The summed E-state index contributed by atoms with van der Waals surface area (Å²) in [5.41, 5.74) is 5.52. The highest BCUT2D eigenvalue weighted by Gasteiger charge is 2.42. The normalized spacial score (nSPS) is 20.9. The lowest BCUT2D eigenvalue weighted by Gasteiger charge is -2.46. The number of rotatable bonds is 9. The number of aryl methyl sites for hydroxylation is 1. The van der Waals surface area contributed by atoms with Crippen LogP contribution in [0.25, 0.3) is 11.3 Å². The summed E-state index contributed by atoms with van der Waals surface area (Å²) in [6.45, 7) is 10.7. The van der Waals surface area contributed by atoms with Gasteiger partial charge in [0, 0.05) is 99.1 Å². The van der Waals surface area contributed by atoms with Crippen LogP contribution in [0, 0.1) is 11.3 Å². The summed E-state index contributed by atoms with van der Waals surface area (Å²) in [5.74, 6) is -0.0359. The molecule has 0 saturated carbocycles. The second kappa shape index (κ2) is 15.3. The van der Waals surface area contributed by atoms with Crippen LogP contribution in [0.2, 0.25) is 0 Å². The molecule has 6 heterocycles. The van der Waals surface area contributed by atoms with Crippen LogP contribution in [0.1, 0.15) is 65.6 Å². The van der Waals surface area contributed by atoms with Crippen LogP contribution in [-0.2, 0) is 47.4 Å². The third-order valence-corrected chi connectivity index (χ3v) is 12.3. The molecule has 1 aliphatic carbocycles. The molecule has 3 aliphatic heterocycles. The van der Waals surface area contributed by atoms with Crippen LogP contribution >= 0.6 is 0 Å². The number of hydrogen-bond acceptors (Lipinski definition) is 10. The molecule has 2 fully saturated rings. The van der Waals surface area contributed by atoms with E-state index < -0.39 is 24.1 Å². The first-order chi connectivity index (χ1) is 27.8. The lowest BCUT2D eigenvalue weighted by Crippen LogP contribution is -2.58. The number of aliphatic hydroxyl groups is 1. The van der Waals surface area contributed by atoms with Crippen molar-refractivity contribution in [1.29, 1.82) is 0 Å². The smallest absolute Gasteiger partial charge is 0.293 e. The molecule has 4 aliphatic rings. The van der Waals surface area contributed by atoms with Crippen molar-refractivity contribution in [3.05, 3.63) is 93.8 Å². The molecule has 15 heteroatoms. The van der Waals surface area contributed by atoms with Crippen LogP contribution in [-0.4, -0.2) is 98.2 Å². The second-order valence-electron chi connectivity index (χ2n) is 16.8. The lowest BCUT2D eigenvalue weighted by atomic mass is 9.87. The van der Waals surface area contributed by atoms with Crippen molar-refractivity contribution in [3.63, 3.8) is 0 Å². The van der Waals surface area contributed by atoms with Gasteiger partial charge in [0.15, 0.2) is 5.82 Å². The zero-order valence-corrected chi connectivity index (χ0v) is 33.7. The quantitative estimate of drug-likeness (QED) is 0.211.